The van der Waals surface area contributed by atoms with Crippen molar-refractivity contribution in [3.8, 4) is 0 Å². The topological polar surface area (TPSA) is 55.3 Å². The Morgan fingerprint density at radius 1 is 1.28 bits per heavy atom. The summed E-state index contributed by atoms with van der Waals surface area (Å²) in [6.07, 6.45) is 0.141. The minimum absolute atomic E-state index is 0.0703. The minimum atomic E-state index is 0.0703. The van der Waals surface area contributed by atoms with E-state index in [2.05, 4.69) is 28.9 Å². The zero-order valence-corrected chi connectivity index (χ0v) is 12.0. The van der Waals surface area contributed by atoms with Crippen LogP contribution in [0.4, 0.5) is 5.95 Å². The first-order valence-electron chi connectivity index (χ1n) is 6.06. The Kier molecular flexibility index (Phi) is 4.04. The molecule has 1 fully saturated rings. The van der Waals surface area contributed by atoms with Crippen molar-refractivity contribution in [1.82, 2.24) is 14.8 Å². The van der Waals surface area contributed by atoms with Crippen LogP contribution in [0.1, 0.15) is 19.9 Å². The average molecular weight is 272 g/mol. The number of nitrogens with zero attached hydrogens (tertiary/aromatic N) is 3. The Hall–Kier alpha value is -0.920. The summed E-state index contributed by atoms with van der Waals surface area (Å²) in [6.45, 7) is 5.71. The molecule has 1 aliphatic rings. The second-order valence-electron chi connectivity index (χ2n) is 4.75. The van der Waals surface area contributed by atoms with Crippen LogP contribution in [0.2, 0.25) is 0 Å². The van der Waals surface area contributed by atoms with Crippen LogP contribution in [0, 0.1) is 4.77 Å². The van der Waals surface area contributed by atoms with Crippen LogP contribution in [0.15, 0.2) is 0 Å². The van der Waals surface area contributed by atoms with E-state index in [4.69, 9.17) is 21.7 Å². The molecule has 0 aliphatic carbocycles. The molecule has 1 saturated heterocycles. The normalized spacial score (nSPS) is 24.2. The molecule has 0 radical (unpaired) electrons. The lowest BCUT2D eigenvalue weighted by Gasteiger charge is -2.19. The standard InChI is InChI=1S/C11H20N4O2S/c1-7(2)15-10(12-13-11(15)18)14-5-8(16-3)9(6-14)17-4/h7-9H,5-6H2,1-4H3,(H,13,18). The molecule has 2 heterocycles. The summed E-state index contributed by atoms with van der Waals surface area (Å²) in [5.41, 5.74) is 0. The predicted octanol–water partition coefficient (Wildman–Crippen LogP) is 1.37. The number of aromatic nitrogens is 3. The first-order valence-corrected chi connectivity index (χ1v) is 6.46. The van der Waals surface area contributed by atoms with Gasteiger partial charge in [0.2, 0.25) is 5.95 Å². The van der Waals surface area contributed by atoms with Gasteiger partial charge < -0.3 is 14.4 Å². The number of rotatable bonds is 4. The Morgan fingerprint density at radius 2 is 1.83 bits per heavy atom. The van der Waals surface area contributed by atoms with Gasteiger partial charge in [-0.15, -0.1) is 5.10 Å². The maximum atomic E-state index is 5.43. The molecule has 1 N–H and O–H groups in total. The van der Waals surface area contributed by atoms with Crippen molar-refractivity contribution >= 4 is 18.2 Å². The minimum Gasteiger partial charge on any atom is -0.377 e. The predicted molar refractivity (Wildman–Crippen MR) is 71.6 cm³/mol. The average Bonchev–Trinajstić information content (AvgIpc) is 2.91. The van der Waals surface area contributed by atoms with Crippen LogP contribution in [0.25, 0.3) is 0 Å². The number of hydrogen-bond donors (Lipinski definition) is 1. The molecule has 102 valence electrons. The fraction of sp³-hybridized carbons (Fsp3) is 0.818. The van der Waals surface area contributed by atoms with Crippen LogP contribution < -0.4 is 4.90 Å². The van der Waals surface area contributed by atoms with E-state index < -0.39 is 0 Å². The van der Waals surface area contributed by atoms with Crippen LogP contribution in [0.5, 0.6) is 0 Å². The van der Waals surface area contributed by atoms with Gasteiger partial charge in [-0.05, 0) is 26.1 Å². The zero-order valence-electron chi connectivity index (χ0n) is 11.2. The summed E-state index contributed by atoms with van der Waals surface area (Å²) >= 11 is 5.26. The highest BCUT2D eigenvalue weighted by Gasteiger charge is 2.35. The summed E-state index contributed by atoms with van der Waals surface area (Å²) in [4.78, 5) is 2.15. The van der Waals surface area contributed by atoms with Gasteiger partial charge in [-0.2, -0.15) is 0 Å². The number of aromatic amines is 1. The Balaban J connectivity index is 2.26. The lowest BCUT2D eigenvalue weighted by atomic mass is 10.3. The fourth-order valence-corrected chi connectivity index (χ4v) is 2.68. The number of ether oxygens (including phenoxy) is 2. The van der Waals surface area contributed by atoms with E-state index >= 15 is 0 Å². The molecule has 1 aliphatic heterocycles. The molecule has 1 aromatic heterocycles. The van der Waals surface area contributed by atoms with Gasteiger partial charge in [0.15, 0.2) is 4.77 Å². The number of nitrogens with one attached hydrogen (secondary N) is 1. The van der Waals surface area contributed by atoms with Gasteiger partial charge in [0, 0.05) is 33.4 Å². The Bertz CT molecular complexity index is 444. The maximum absolute atomic E-state index is 5.43. The molecule has 0 saturated carbocycles. The molecule has 0 spiro atoms. The third-order valence-corrected chi connectivity index (χ3v) is 3.59. The highest BCUT2D eigenvalue weighted by atomic mass is 32.1. The lowest BCUT2D eigenvalue weighted by molar-refractivity contribution is -0.00461. The molecule has 2 unspecified atom stereocenters. The third kappa shape index (κ3) is 2.30. The first-order chi connectivity index (χ1) is 8.58. The number of H-pyrrole nitrogens is 1. The van der Waals surface area contributed by atoms with Gasteiger partial charge in [-0.3, -0.25) is 4.57 Å². The van der Waals surface area contributed by atoms with Crippen LogP contribution in [-0.2, 0) is 9.47 Å². The van der Waals surface area contributed by atoms with Crippen molar-refractivity contribution in [1.29, 1.82) is 0 Å². The van der Waals surface area contributed by atoms with Gasteiger partial charge in [0.1, 0.15) is 12.2 Å². The van der Waals surface area contributed by atoms with Gasteiger partial charge in [-0.25, -0.2) is 5.10 Å². The van der Waals surface area contributed by atoms with Gasteiger partial charge in [0.25, 0.3) is 0 Å². The molecule has 1 aromatic rings. The second kappa shape index (κ2) is 5.38. The summed E-state index contributed by atoms with van der Waals surface area (Å²) < 4.78 is 13.5. The molecule has 0 bridgehead atoms. The Labute approximate surface area is 112 Å². The van der Waals surface area contributed by atoms with Crippen molar-refractivity contribution < 1.29 is 9.47 Å². The van der Waals surface area contributed by atoms with Crippen molar-refractivity contribution in [2.45, 2.75) is 32.1 Å². The van der Waals surface area contributed by atoms with Crippen molar-refractivity contribution in [3.63, 3.8) is 0 Å². The molecular weight excluding hydrogens is 252 g/mol. The van der Waals surface area contributed by atoms with Gasteiger partial charge in [-0.1, -0.05) is 0 Å². The maximum Gasteiger partial charge on any atom is 0.226 e. The third-order valence-electron chi connectivity index (χ3n) is 3.31. The molecule has 2 atom stereocenters. The van der Waals surface area contributed by atoms with E-state index in [1.807, 2.05) is 4.57 Å². The molecule has 7 heteroatoms. The fourth-order valence-electron chi connectivity index (χ4n) is 2.34. The second-order valence-corrected chi connectivity index (χ2v) is 5.13. The number of anilines is 1. The van der Waals surface area contributed by atoms with Gasteiger partial charge >= 0.3 is 0 Å². The highest BCUT2D eigenvalue weighted by Crippen LogP contribution is 2.24. The first kappa shape index (κ1) is 13.5. The monoisotopic (exact) mass is 272 g/mol. The summed E-state index contributed by atoms with van der Waals surface area (Å²) in [6, 6.07) is 0.272. The number of methoxy groups -OCH3 is 2. The van der Waals surface area contributed by atoms with Crippen LogP contribution >= 0.6 is 12.2 Å². The summed E-state index contributed by atoms with van der Waals surface area (Å²) in [5.74, 6) is 0.858. The molecular formula is C11H20N4O2S. The van der Waals surface area contributed by atoms with Crippen LogP contribution in [-0.4, -0.2) is 54.3 Å². The van der Waals surface area contributed by atoms with Crippen molar-refractivity contribution in [2.24, 2.45) is 0 Å². The number of hydrogen-bond acceptors (Lipinski definition) is 5. The zero-order chi connectivity index (χ0) is 13.3. The van der Waals surface area contributed by atoms with E-state index in [9.17, 15) is 0 Å². The van der Waals surface area contributed by atoms with Gasteiger partial charge in [0.05, 0.1) is 0 Å². The van der Waals surface area contributed by atoms with Crippen molar-refractivity contribution in [3.05, 3.63) is 4.77 Å². The quantitative estimate of drug-likeness (QED) is 0.839. The summed E-state index contributed by atoms with van der Waals surface area (Å²) in [7, 11) is 3.42. The van der Waals surface area contributed by atoms with Crippen LogP contribution in [0.3, 0.4) is 0 Å². The van der Waals surface area contributed by atoms with E-state index in [0.29, 0.717) is 4.77 Å². The highest BCUT2D eigenvalue weighted by molar-refractivity contribution is 7.71. The molecule has 0 amide bonds. The summed E-state index contributed by atoms with van der Waals surface area (Å²) in [5, 5.41) is 7.17. The molecule has 2 rings (SSSR count). The van der Waals surface area contributed by atoms with E-state index in [1.165, 1.54) is 0 Å². The SMILES string of the molecule is COC1CN(c2n[nH]c(=S)n2C(C)C)CC1OC. The Morgan fingerprint density at radius 3 is 2.28 bits per heavy atom. The smallest absolute Gasteiger partial charge is 0.226 e. The van der Waals surface area contributed by atoms with E-state index in [-0.39, 0.29) is 18.2 Å². The lowest BCUT2D eigenvalue weighted by Crippen LogP contribution is -2.27. The largest absolute Gasteiger partial charge is 0.377 e. The molecule has 0 aromatic carbocycles. The molecule has 18 heavy (non-hydrogen) atoms. The van der Waals surface area contributed by atoms with E-state index in [1.54, 1.807) is 14.2 Å². The molecule has 6 nitrogen and oxygen atoms in total. The van der Waals surface area contributed by atoms with E-state index in [0.717, 1.165) is 19.0 Å². The van der Waals surface area contributed by atoms with Crippen molar-refractivity contribution in [2.75, 3.05) is 32.2 Å².